The number of hydrogen-bond donors (Lipinski definition) is 0. The van der Waals surface area contributed by atoms with Gasteiger partial charge in [0.25, 0.3) is 0 Å². The van der Waals surface area contributed by atoms with Crippen molar-refractivity contribution in [2.24, 2.45) is 0 Å². The van der Waals surface area contributed by atoms with Crippen molar-refractivity contribution in [3.63, 3.8) is 0 Å². The van der Waals surface area contributed by atoms with Crippen LogP contribution in [0.1, 0.15) is 5.56 Å². The maximum Gasteiger partial charge on any atom is 0.215 e. The summed E-state index contributed by atoms with van der Waals surface area (Å²) in [6, 6.07) is 13.4. The number of ether oxygens (including phenoxy) is 4. The smallest absolute Gasteiger partial charge is 0.215 e. The molecule has 0 bridgehead atoms. The highest BCUT2D eigenvalue weighted by Gasteiger charge is 2.45. The highest BCUT2D eigenvalue weighted by Crippen LogP contribution is 2.40. The van der Waals surface area contributed by atoms with Crippen molar-refractivity contribution >= 4 is 28.9 Å². The number of anilines is 1. The van der Waals surface area contributed by atoms with Gasteiger partial charge in [0.15, 0.2) is 0 Å². The number of benzene rings is 2. The Bertz CT molecular complexity index is 1060. The lowest BCUT2D eigenvalue weighted by atomic mass is 10.1. The van der Waals surface area contributed by atoms with E-state index in [-0.39, 0.29) is 6.10 Å². The molecule has 2 aliphatic rings. The molecule has 7 nitrogen and oxygen atoms in total. The predicted octanol–water partition coefficient (Wildman–Crippen LogP) is 4.37. The van der Waals surface area contributed by atoms with Crippen molar-refractivity contribution in [2.75, 3.05) is 44.4 Å². The van der Waals surface area contributed by atoms with E-state index in [0.29, 0.717) is 29.8 Å². The van der Waals surface area contributed by atoms with Crippen LogP contribution in [0.15, 0.2) is 61.2 Å². The van der Waals surface area contributed by atoms with Crippen LogP contribution in [0.2, 0.25) is 10.0 Å². The maximum atomic E-state index is 6.53. The van der Waals surface area contributed by atoms with E-state index in [0.717, 1.165) is 37.6 Å². The van der Waals surface area contributed by atoms with E-state index < -0.39 is 5.79 Å². The average Bonchev–Trinajstić information content (AvgIpc) is 3.49. The van der Waals surface area contributed by atoms with Gasteiger partial charge >= 0.3 is 0 Å². The molecule has 2 aromatic carbocycles. The molecule has 0 aliphatic carbocycles. The minimum Gasteiger partial charge on any atom is -0.491 e. The normalized spacial score (nSPS) is 23.1. The van der Waals surface area contributed by atoms with Gasteiger partial charge < -0.3 is 28.4 Å². The predicted molar refractivity (Wildman–Crippen MR) is 126 cm³/mol. The SMILES string of the molecule is Clc1ccc([C@]2(Cn3ccnc3)OC[C@@H](COc3ccc(N4CCOCC4)cc3)O2)c(Cl)c1. The van der Waals surface area contributed by atoms with Crippen molar-refractivity contribution in [3.05, 3.63) is 76.8 Å². The Kier molecular flexibility index (Phi) is 6.76. The first-order chi connectivity index (χ1) is 16.1. The summed E-state index contributed by atoms with van der Waals surface area (Å²) in [4.78, 5) is 6.43. The van der Waals surface area contributed by atoms with Crippen LogP contribution >= 0.6 is 23.2 Å². The van der Waals surface area contributed by atoms with Gasteiger partial charge in [-0.15, -0.1) is 0 Å². The zero-order valence-corrected chi connectivity index (χ0v) is 19.5. The molecule has 174 valence electrons. The second-order valence-corrected chi connectivity index (χ2v) is 8.91. The average molecular weight is 490 g/mol. The van der Waals surface area contributed by atoms with Crippen LogP contribution < -0.4 is 9.64 Å². The molecule has 2 saturated heterocycles. The lowest BCUT2D eigenvalue weighted by Crippen LogP contribution is -2.36. The van der Waals surface area contributed by atoms with Gasteiger partial charge in [0.1, 0.15) is 18.5 Å². The van der Waals surface area contributed by atoms with Crippen molar-refractivity contribution in [1.82, 2.24) is 9.55 Å². The van der Waals surface area contributed by atoms with Crippen molar-refractivity contribution < 1.29 is 18.9 Å². The Morgan fingerprint density at radius 2 is 1.91 bits per heavy atom. The molecule has 33 heavy (non-hydrogen) atoms. The standard InChI is InChI=1S/C24H25Cl2N3O4/c25-18-1-6-22(23(26)13-18)24(16-28-8-7-27-17-28)32-15-21(33-24)14-31-20-4-2-19(3-5-20)29-9-11-30-12-10-29/h1-8,13,17,21H,9-12,14-16H2/t21-,24-/m1/s1. The lowest BCUT2D eigenvalue weighted by molar-refractivity contribution is -0.189. The fraction of sp³-hybridized carbons (Fsp3) is 0.375. The molecule has 0 saturated carbocycles. The quantitative estimate of drug-likeness (QED) is 0.490. The number of aromatic nitrogens is 2. The van der Waals surface area contributed by atoms with Crippen LogP contribution in [0, 0.1) is 0 Å². The van der Waals surface area contributed by atoms with Crippen LogP contribution in [0.25, 0.3) is 0 Å². The van der Waals surface area contributed by atoms with Gasteiger partial charge in [0.2, 0.25) is 5.79 Å². The molecule has 1 aromatic heterocycles. The molecule has 2 fully saturated rings. The molecule has 9 heteroatoms. The summed E-state index contributed by atoms with van der Waals surface area (Å²) in [5, 5.41) is 1.04. The molecule has 0 radical (unpaired) electrons. The van der Waals surface area contributed by atoms with E-state index in [1.807, 2.05) is 29.0 Å². The van der Waals surface area contributed by atoms with Gasteiger partial charge in [0, 0.05) is 41.8 Å². The molecular weight excluding hydrogens is 465 g/mol. The van der Waals surface area contributed by atoms with E-state index in [9.17, 15) is 0 Å². The monoisotopic (exact) mass is 489 g/mol. The Labute approximate surface area is 202 Å². The number of morpholine rings is 1. The Balaban J connectivity index is 1.26. The third kappa shape index (κ3) is 5.13. The van der Waals surface area contributed by atoms with Gasteiger partial charge in [-0.05, 0) is 36.4 Å². The number of nitrogens with zero attached hydrogens (tertiary/aromatic N) is 3. The Hall–Kier alpha value is -2.29. The third-order valence-corrected chi connectivity index (χ3v) is 6.35. The second kappa shape index (κ2) is 9.91. The number of imidazole rings is 1. The van der Waals surface area contributed by atoms with Gasteiger partial charge in [0.05, 0.1) is 37.7 Å². The number of rotatable bonds is 7. The van der Waals surface area contributed by atoms with E-state index >= 15 is 0 Å². The van der Waals surface area contributed by atoms with Crippen LogP contribution in [0.3, 0.4) is 0 Å². The van der Waals surface area contributed by atoms with Crippen molar-refractivity contribution in [2.45, 2.75) is 18.4 Å². The minimum absolute atomic E-state index is 0.265. The van der Waals surface area contributed by atoms with Gasteiger partial charge in [-0.2, -0.15) is 0 Å². The van der Waals surface area contributed by atoms with E-state index in [1.165, 1.54) is 5.69 Å². The van der Waals surface area contributed by atoms with Crippen molar-refractivity contribution in [1.29, 1.82) is 0 Å². The molecular formula is C24H25Cl2N3O4. The first-order valence-corrected chi connectivity index (χ1v) is 11.7. The van der Waals surface area contributed by atoms with E-state index in [2.05, 4.69) is 22.0 Å². The van der Waals surface area contributed by atoms with Gasteiger partial charge in [-0.25, -0.2) is 4.98 Å². The molecule has 2 aliphatic heterocycles. The molecule has 2 atom stereocenters. The fourth-order valence-electron chi connectivity index (χ4n) is 4.14. The van der Waals surface area contributed by atoms with E-state index in [4.69, 9.17) is 42.1 Å². The highest BCUT2D eigenvalue weighted by atomic mass is 35.5. The summed E-state index contributed by atoms with van der Waals surface area (Å²) >= 11 is 12.6. The van der Waals surface area contributed by atoms with Crippen LogP contribution in [0.4, 0.5) is 5.69 Å². The number of hydrogen-bond acceptors (Lipinski definition) is 6. The molecule has 5 rings (SSSR count). The Morgan fingerprint density at radius 3 is 2.64 bits per heavy atom. The van der Waals surface area contributed by atoms with Gasteiger partial charge in [-0.1, -0.05) is 29.3 Å². The summed E-state index contributed by atoms with van der Waals surface area (Å²) in [5.41, 5.74) is 1.89. The lowest BCUT2D eigenvalue weighted by Gasteiger charge is -2.30. The summed E-state index contributed by atoms with van der Waals surface area (Å²) in [6.07, 6.45) is 5.03. The number of halogens is 2. The largest absolute Gasteiger partial charge is 0.491 e. The minimum atomic E-state index is -1.06. The molecule has 0 unspecified atom stereocenters. The topological polar surface area (TPSA) is 58.0 Å². The highest BCUT2D eigenvalue weighted by molar-refractivity contribution is 6.35. The molecule has 0 N–H and O–H groups in total. The zero-order chi connectivity index (χ0) is 22.7. The van der Waals surface area contributed by atoms with Crippen LogP contribution in [0.5, 0.6) is 5.75 Å². The molecule has 0 spiro atoms. The third-order valence-electron chi connectivity index (χ3n) is 5.80. The molecule has 0 amide bonds. The molecule has 3 aromatic rings. The maximum absolute atomic E-state index is 6.53. The fourth-order valence-corrected chi connectivity index (χ4v) is 4.69. The second-order valence-electron chi connectivity index (χ2n) is 8.07. The Morgan fingerprint density at radius 1 is 1.09 bits per heavy atom. The zero-order valence-electron chi connectivity index (χ0n) is 18.0. The van der Waals surface area contributed by atoms with Crippen LogP contribution in [-0.2, 0) is 26.5 Å². The van der Waals surface area contributed by atoms with Crippen LogP contribution in [-0.4, -0.2) is 55.2 Å². The first-order valence-electron chi connectivity index (χ1n) is 10.9. The summed E-state index contributed by atoms with van der Waals surface area (Å²) in [6.45, 7) is 4.46. The summed E-state index contributed by atoms with van der Waals surface area (Å²) < 4.78 is 26.0. The van der Waals surface area contributed by atoms with Crippen molar-refractivity contribution in [3.8, 4) is 5.75 Å². The van der Waals surface area contributed by atoms with E-state index in [1.54, 1.807) is 24.7 Å². The summed E-state index contributed by atoms with van der Waals surface area (Å²) in [5.74, 6) is -0.274. The molecule has 3 heterocycles. The summed E-state index contributed by atoms with van der Waals surface area (Å²) in [7, 11) is 0. The van der Waals surface area contributed by atoms with Gasteiger partial charge in [-0.3, -0.25) is 0 Å². The first kappa shape index (κ1) is 22.5.